The van der Waals surface area contributed by atoms with Crippen molar-refractivity contribution in [3.8, 4) is 0 Å². The Morgan fingerprint density at radius 3 is 0.375 bits per heavy atom. The van der Waals surface area contributed by atoms with Gasteiger partial charge in [0.15, 0.2) is 0 Å². The fraction of sp³-hybridized carbons (Fsp3) is 0.463. The summed E-state index contributed by atoms with van der Waals surface area (Å²) in [5.74, 6) is -0.879. The maximum Gasteiger partial charge on any atom is 0.448 e. The number of aromatic carboxylic acids is 1. The largest absolute Gasteiger partial charge is 0.478 e. The van der Waals surface area contributed by atoms with E-state index in [0.717, 1.165) is 0 Å². The van der Waals surface area contributed by atoms with E-state index in [-0.39, 0.29) is 0 Å². The molecule has 0 amide bonds. The summed E-state index contributed by atoms with van der Waals surface area (Å²) in [6, 6.07) is 69.9. The van der Waals surface area contributed by atoms with E-state index in [9.17, 15) is 4.79 Å². The Labute approximate surface area is 554 Å². The Morgan fingerprint density at radius 2 is 0.330 bits per heavy atom. The normalized spacial score (nSPS) is 6.77. The van der Waals surface area contributed by atoms with E-state index >= 15 is 0 Å². The minimum absolute atomic E-state index is 0.331. The highest BCUT2D eigenvalue weighted by molar-refractivity contribution is 6.39. The van der Waals surface area contributed by atoms with E-state index in [1.807, 2.05) is 289 Å². The average Bonchev–Trinajstić information content (AvgIpc) is 3.59. The molecule has 0 radical (unpaired) electrons. The number of rotatable bonds is 1. The average molecular weight is 1230 g/mol. The SMILES string of the molecule is CB(O)O.CB(O)O.CC.CC.CC.CC.CC.CC.CC.CC.CC.CC.CC.CC.CC.CCC.Cc1ccccc1.Cc1ccccc1.Cc1ccccc1.Cc1ccccc1.Cc1ccccc1.Cc1ccccc1.O=C(O)c1ccccc1. The lowest BCUT2D eigenvalue weighted by Crippen LogP contribution is -2.00. The van der Waals surface area contributed by atoms with E-state index in [2.05, 4.69) is 128 Å². The molecule has 6 nitrogen and oxygen atoms in total. The summed E-state index contributed by atoms with van der Waals surface area (Å²) in [6.07, 6.45) is 1.25. The second-order valence-corrected chi connectivity index (χ2v) is 13.6. The fourth-order valence-corrected chi connectivity index (χ4v) is 3.79. The fourth-order valence-electron chi connectivity index (χ4n) is 3.79. The first-order chi connectivity index (χ1) is 42.5. The molecule has 0 aliphatic rings. The smallest absolute Gasteiger partial charge is 0.448 e. The summed E-state index contributed by atoms with van der Waals surface area (Å²) in [5, 5.41) is 38.8. The van der Waals surface area contributed by atoms with Gasteiger partial charge in [0.25, 0.3) is 0 Å². The third-order valence-electron chi connectivity index (χ3n) is 6.66. The molecular weight excluding hydrogens is 1080 g/mol. The van der Waals surface area contributed by atoms with Crippen molar-refractivity contribution in [3.05, 3.63) is 251 Å². The number of carboxylic acids is 1. The monoisotopic (exact) mass is 1230 g/mol. The van der Waals surface area contributed by atoms with Gasteiger partial charge in [0.1, 0.15) is 0 Å². The number of carboxylic acid groups (broad SMARTS) is 1. The Hall–Kier alpha value is -6.02. The van der Waals surface area contributed by atoms with Crippen LogP contribution in [0.25, 0.3) is 0 Å². The van der Waals surface area contributed by atoms with Crippen LogP contribution in [0.5, 0.6) is 0 Å². The van der Waals surface area contributed by atoms with Crippen LogP contribution in [0, 0.1) is 41.5 Å². The molecule has 0 unspecified atom stereocenters. The maximum absolute atomic E-state index is 10.2. The molecule has 0 aliphatic heterocycles. The number of hydrogen-bond acceptors (Lipinski definition) is 5. The highest BCUT2D eigenvalue weighted by Crippen LogP contribution is 1.97. The molecule has 0 spiro atoms. The summed E-state index contributed by atoms with van der Waals surface area (Å²) in [6.45, 7) is 71.3. The van der Waals surface area contributed by atoms with Gasteiger partial charge in [-0.2, -0.15) is 0 Å². The van der Waals surface area contributed by atoms with Crippen molar-refractivity contribution in [1.29, 1.82) is 0 Å². The van der Waals surface area contributed by atoms with Crippen molar-refractivity contribution in [2.24, 2.45) is 0 Å². The summed E-state index contributed by atoms with van der Waals surface area (Å²) in [7, 11) is -2.33. The van der Waals surface area contributed by atoms with Gasteiger partial charge in [0.2, 0.25) is 0 Å². The minimum Gasteiger partial charge on any atom is -0.478 e. The van der Waals surface area contributed by atoms with E-state index in [0.29, 0.717) is 5.56 Å². The van der Waals surface area contributed by atoms with Crippen LogP contribution < -0.4 is 0 Å². The number of hydrogen-bond donors (Lipinski definition) is 5. The van der Waals surface area contributed by atoms with Crippen LogP contribution in [-0.2, 0) is 0 Å². The molecule has 512 valence electrons. The zero-order chi connectivity index (χ0) is 73.2. The molecule has 7 aromatic carbocycles. The van der Waals surface area contributed by atoms with Crippen LogP contribution in [0.4, 0.5) is 0 Å². The predicted molar refractivity (Wildman–Crippen MR) is 416 cm³/mol. The maximum atomic E-state index is 10.2. The standard InChI is InChI=1S/C7H6O2.6C7H8.C3H8.13C2H6.2CH5BO2/c8-7(9)6-4-2-1-3-5-6;6*1-7-5-3-2-4-6-7;1-3-2;13*1-2;2*1-2(3)4/h1-5H,(H,8,9);6*2-6H,1H3;3H2,1-2H3;13*1-2H3;2*3-4H,1H3. The number of aryl methyl sites for hydroxylation is 6. The summed E-state index contributed by atoms with van der Waals surface area (Å²) >= 11 is 0. The lowest BCUT2D eigenvalue weighted by molar-refractivity contribution is 0.0696. The van der Waals surface area contributed by atoms with Crippen LogP contribution >= 0.6 is 0 Å². The number of benzene rings is 7. The van der Waals surface area contributed by atoms with Crippen molar-refractivity contribution in [2.45, 2.75) is 255 Å². The van der Waals surface area contributed by atoms with E-state index in [1.54, 1.807) is 30.3 Å². The van der Waals surface area contributed by atoms with Gasteiger partial charge in [-0.15, -0.1) is 0 Å². The summed E-state index contributed by atoms with van der Waals surface area (Å²) in [5.41, 5.74) is 8.26. The Balaban J connectivity index is -0.0000000452. The molecule has 0 atom stereocenters. The molecule has 7 rings (SSSR count). The molecule has 0 aliphatic carbocycles. The summed E-state index contributed by atoms with van der Waals surface area (Å²) < 4.78 is 0. The molecule has 88 heavy (non-hydrogen) atoms. The van der Waals surface area contributed by atoms with Crippen molar-refractivity contribution in [1.82, 2.24) is 0 Å². The van der Waals surface area contributed by atoms with Crippen molar-refractivity contribution in [2.75, 3.05) is 0 Å². The molecule has 0 fully saturated rings. The third kappa shape index (κ3) is 171. The molecule has 0 saturated carbocycles. The quantitative estimate of drug-likeness (QED) is 0.105. The third-order valence-corrected chi connectivity index (χ3v) is 6.66. The first kappa shape index (κ1) is 123. The zero-order valence-corrected chi connectivity index (χ0v) is 64.7. The molecule has 5 N–H and O–H groups in total. The Morgan fingerprint density at radius 1 is 0.250 bits per heavy atom. The lowest BCUT2D eigenvalue weighted by Gasteiger charge is -1.88. The molecule has 0 bridgehead atoms. The topological polar surface area (TPSA) is 118 Å². The second kappa shape index (κ2) is 144. The van der Waals surface area contributed by atoms with E-state index in [4.69, 9.17) is 25.2 Å². The van der Waals surface area contributed by atoms with Gasteiger partial charge in [-0.3, -0.25) is 0 Å². The van der Waals surface area contributed by atoms with Gasteiger partial charge in [-0.25, -0.2) is 4.79 Å². The zero-order valence-electron chi connectivity index (χ0n) is 64.7. The molecule has 0 aromatic heterocycles. The van der Waals surface area contributed by atoms with Gasteiger partial charge < -0.3 is 25.2 Å². The van der Waals surface area contributed by atoms with Gasteiger partial charge >= 0.3 is 20.2 Å². The minimum atomic E-state index is -1.17. The molecule has 0 saturated heterocycles. The Kier molecular flexibility index (Phi) is 202. The van der Waals surface area contributed by atoms with Crippen LogP contribution in [0.1, 0.15) is 244 Å². The number of carbonyl (C=O) groups is 1. The summed E-state index contributed by atoms with van der Waals surface area (Å²) in [4.78, 5) is 10.2. The first-order valence-corrected chi connectivity index (χ1v) is 33.7. The van der Waals surface area contributed by atoms with Crippen molar-refractivity contribution >= 4 is 20.2 Å². The predicted octanol–water partition coefficient (Wildman–Crippen LogP) is 26.3. The van der Waals surface area contributed by atoms with Gasteiger partial charge in [0, 0.05) is 0 Å². The van der Waals surface area contributed by atoms with Crippen molar-refractivity contribution in [3.63, 3.8) is 0 Å². The van der Waals surface area contributed by atoms with Crippen LogP contribution in [0.15, 0.2) is 212 Å². The molecule has 0 heterocycles. The highest BCUT2D eigenvalue weighted by atomic mass is 16.4. The van der Waals surface area contributed by atoms with Gasteiger partial charge in [0.05, 0.1) is 5.56 Å². The van der Waals surface area contributed by atoms with E-state index < -0.39 is 20.2 Å². The van der Waals surface area contributed by atoms with Crippen molar-refractivity contribution < 1.29 is 30.0 Å². The van der Waals surface area contributed by atoms with Crippen LogP contribution in [0.3, 0.4) is 0 Å². The molecule has 8 heteroatoms. The van der Waals surface area contributed by atoms with Crippen LogP contribution in [0.2, 0.25) is 13.6 Å². The van der Waals surface area contributed by atoms with Gasteiger partial charge in [-0.1, -0.05) is 434 Å². The molecule has 7 aromatic rings. The Bertz CT molecular complexity index is 1600. The van der Waals surface area contributed by atoms with E-state index in [1.165, 1.54) is 53.4 Å². The lowest BCUT2D eigenvalue weighted by atomic mass is 9.99. The highest BCUT2D eigenvalue weighted by Gasteiger charge is 1.96. The second-order valence-electron chi connectivity index (χ2n) is 13.6. The van der Waals surface area contributed by atoms with Crippen LogP contribution in [-0.4, -0.2) is 45.4 Å². The van der Waals surface area contributed by atoms with Gasteiger partial charge in [-0.05, 0) is 67.3 Å². The molecular formula is C80H150B2O6. The first-order valence-electron chi connectivity index (χ1n) is 33.7.